The second-order valence-corrected chi connectivity index (χ2v) is 10.3. The second kappa shape index (κ2) is 6.98. The zero-order valence-electron chi connectivity index (χ0n) is 12.4. The third-order valence-electron chi connectivity index (χ3n) is 3.91. The van der Waals surface area contributed by atoms with E-state index < -0.39 is 19.9 Å². The molecule has 0 bridgehead atoms. The van der Waals surface area contributed by atoms with Crippen LogP contribution in [0.15, 0.2) is 32.5 Å². The molecular weight excluding hydrogens is 390 g/mol. The Morgan fingerprint density at radius 3 is 2.36 bits per heavy atom. The summed E-state index contributed by atoms with van der Waals surface area (Å²) in [4.78, 5) is -0.0417. The number of benzene rings is 1. The lowest BCUT2D eigenvalue weighted by molar-refractivity contribution is 0.357. The second-order valence-electron chi connectivity index (χ2n) is 5.72. The first-order chi connectivity index (χ1) is 10.2. The largest absolute Gasteiger partial charge is 0.241 e. The van der Waals surface area contributed by atoms with Gasteiger partial charge in [0.2, 0.25) is 10.0 Å². The zero-order chi connectivity index (χ0) is 16.4. The molecular formula is C14H20BrNO4S2. The van der Waals surface area contributed by atoms with Crippen molar-refractivity contribution in [2.45, 2.75) is 41.9 Å². The van der Waals surface area contributed by atoms with Gasteiger partial charge in [-0.05, 0) is 52.9 Å². The molecule has 1 aliphatic rings. The van der Waals surface area contributed by atoms with Gasteiger partial charge in [0.05, 0.1) is 9.79 Å². The Bertz CT molecular complexity index is 738. The maximum absolute atomic E-state index is 12.4. The Morgan fingerprint density at radius 1 is 1.14 bits per heavy atom. The summed E-state index contributed by atoms with van der Waals surface area (Å²) in [6.07, 6.45) is 6.62. The van der Waals surface area contributed by atoms with E-state index in [1.165, 1.54) is 24.6 Å². The van der Waals surface area contributed by atoms with Crippen molar-refractivity contribution in [3.63, 3.8) is 0 Å². The van der Waals surface area contributed by atoms with Crippen molar-refractivity contribution in [2.24, 2.45) is 5.92 Å². The normalized spacial score (nSPS) is 17.5. The molecule has 5 nitrogen and oxygen atoms in total. The highest BCUT2D eigenvalue weighted by molar-refractivity contribution is 9.10. The van der Waals surface area contributed by atoms with E-state index >= 15 is 0 Å². The molecule has 0 atom stereocenters. The number of hydrogen-bond donors (Lipinski definition) is 1. The predicted molar refractivity (Wildman–Crippen MR) is 89.0 cm³/mol. The minimum atomic E-state index is -3.73. The Balaban J connectivity index is 2.21. The zero-order valence-corrected chi connectivity index (χ0v) is 15.6. The third-order valence-corrected chi connectivity index (χ3v) is 7.43. The van der Waals surface area contributed by atoms with Gasteiger partial charge in [-0.25, -0.2) is 21.6 Å². The molecule has 124 valence electrons. The summed E-state index contributed by atoms with van der Waals surface area (Å²) in [5.74, 6) is 0.361. The number of sulfone groups is 1. The van der Waals surface area contributed by atoms with Gasteiger partial charge in [0.1, 0.15) is 0 Å². The Hall–Kier alpha value is -0.440. The third kappa shape index (κ3) is 4.53. The lowest BCUT2D eigenvalue weighted by Crippen LogP contribution is -2.30. The van der Waals surface area contributed by atoms with Crippen LogP contribution in [0.1, 0.15) is 32.1 Å². The maximum Gasteiger partial charge on any atom is 0.241 e. The van der Waals surface area contributed by atoms with Crippen LogP contribution < -0.4 is 4.72 Å². The van der Waals surface area contributed by atoms with Crippen LogP contribution in [0.3, 0.4) is 0 Å². The average Bonchev–Trinajstić information content (AvgIpc) is 2.45. The minimum Gasteiger partial charge on any atom is -0.224 e. The molecule has 0 amide bonds. The molecule has 0 saturated heterocycles. The number of nitrogens with one attached hydrogen (secondary N) is 1. The first kappa shape index (κ1) is 17.9. The van der Waals surface area contributed by atoms with E-state index in [1.54, 1.807) is 0 Å². The molecule has 0 unspecified atom stereocenters. The van der Waals surface area contributed by atoms with Crippen molar-refractivity contribution in [2.75, 3.05) is 12.8 Å². The highest BCUT2D eigenvalue weighted by atomic mass is 79.9. The molecule has 0 radical (unpaired) electrons. The quantitative estimate of drug-likeness (QED) is 0.810. The lowest BCUT2D eigenvalue weighted by Gasteiger charge is -2.21. The minimum absolute atomic E-state index is 0.00580. The van der Waals surface area contributed by atoms with Crippen molar-refractivity contribution in [1.29, 1.82) is 0 Å². The molecule has 1 saturated carbocycles. The van der Waals surface area contributed by atoms with Gasteiger partial charge in [-0.2, -0.15) is 0 Å². The van der Waals surface area contributed by atoms with Crippen LogP contribution in [0.2, 0.25) is 0 Å². The summed E-state index contributed by atoms with van der Waals surface area (Å²) in [6.45, 7) is 0.401. The van der Waals surface area contributed by atoms with Crippen LogP contribution in [0.5, 0.6) is 0 Å². The van der Waals surface area contributed by atoms with Crippen molar-refractivity contribution < 1.29 is 16.8 Å². The molecule has 1 fully saturated rings. The van der Waals surface area contributed by atoms with Crippen molar-refractivity contribution in [3.05, 3.63) is 22.7 Å². The van der Waals surface area contributed by atoms with Crippen LogP contribution in [0, 0.1) is 5.92 Å². The molecule has 2 rings (SSSR count). The van der Waals surface area contributed by atoms with Crippen LogP contribution in [-0.4, -0.2) is 29.6 Å². The highest BCUT2D eigenvalue weighted by Crippen LogP contribution is 2.27. The predicted octanol–water partition coefficient (Wildman–Crippen LogP) is 2.71. The molecule has 0 aliphatic heterocycles. The van der Waals surface area contributed by atoms with Crippen molar-refractivity contribution in [3.8, 4) is 0 Å². The molecule has 0 aromatic heterocycles. The number of rotatable bonds is 5. The van der Waals surface area contributed by atoms with Crippen LogP contribution in [0.4, 0.5) is 0 Å². The van der Waals surface area contributed by atoms with Crippen LogP contribution in [0.25, 0.3) is 0 Å². The maximum atomic E-state index is 12.4. The van der Waals surface area contributed by atoms with Gasteiger partial charge in [-0.15, -0.1) is 0 Å². The van der Waals surface area contributed by atoms with Crippen molar-refractivity contribution >= 4 is 35.8 Å². The van der Waals surface area contributed by atoms with E-state index in [1.807, 2.05) is 0 Å². The first-order valence-corrected chi connectivity index (χ1v) is 11.4. The number of hydrogen-bond acceptors (Lipinski definition) is 4. The van der Waals surface area contributed by atoms with E-state index in [0.29, 0.717) is 16.9 Å². The smallest absolute Gasteiger partial charge is 0.224 e. The Labute approximate surface area is 140 Å². The fourth-order valence-electron chi connectivity index (χ4n) is 2.62. The van der Waals surface area contributed by atoms with Gasteiger partial charge >= 0.3 is 0 Å². The van der Waals surface area contributed by atoms with Crippen molar-refractivity contribution in [1.82, 2.24) is 4.72 Å². The van der Waals surface area contributed by atoms with Gasteiger partial charge in [-0.1, -0.05) is 19.3 Å². The molecule has 8 heteroatoms. The fraction of sp³-hybridized carbons (Fsp3) is 0.571. The molecule has 1 aliphatic carbocycles. The van der Waals surface area contributed by atoms with Gasteiger partial charge in [-0.3, -0.25) is 0 Å². The van der Waals surface area contributed by atoms with E-state index in [9.17, 15) is 16.8 Å². The molecule has 1 aromatic carbocycles. The summed E-state index contributed by atoms with van der Waals surface area (Å²) < 4.78 is 51.0. The van der Waals surface area contributed by atoms with E-state index in [4.69, 9.17) is 0 Å². The molecule has 1 N–H and O–H groups in total. The molecule has 0 spiro atoms. The highest BCUT2D eigenvalue weighted by Gasteiger charge is 2.22. The average molecular weight is 410 g/mol. The summed E-state index contributed by atoms with van der Waals surface area (Å²) >= 11 is 3.19. The van der Waals surface area contributed by atoms with E-state index in [0.717, 1.165) is 31.9 Å². The molecule has 1 aromatic rings. The summed E-state index contributed by atoms with van der Waals surface area (Å²) in [5.41, 5.74) is 0. The lowest BCUT2D eigenvalue weighted by atomic mass is 9.90. The standard InChI is InChI=1S/C14H20BrNO4S2/c1-21(17,18)12-7-8-13(15)14(9-12)22(19,20)16-10-11-5-3-2-4-6-11/h7-9,11,16H,2-6,10H2,1H3. The number of sulfonamides is 1. The monoisotopic (exact) mass is 409 g/mol. The van der Waals surface area contributed by atoms with Gasteiger partial charge in [0.15, 0.2) is 9.84 Å². The summed E-state index contributed by atoms with van der Waals surface area (Å²) in [7, 11) is -7.19. The molecule has 22 heavy (non-hydrogen) atoms. The van der Waals surface area contributed by atoms with E-state index in [2.05, 4.69) is 20.7 Å². The fourth-order valence-corrected chi connectivity index (χ4v) is 5.44. The summed E-state index contributed by atoms with van der Waals surface area (Å²) in [6, 6.07) is 4.04. The summed E-state index contributed by atoms with van der Waals surface area (Å²) in [5, 5.41) is 0. The van der Waals surface area contributed by atoms with Gasteiger partial charge in [0.25, 0.3) is 0 Å². The number of halogens is 1. The Kier molecular flexibility index (Phi) is 5.68. The Morgan fingerprint density at radius 2 is 1.77 bits per heavy atom. The topological polar surface area (TPSA) is 80.3 Å². The first-order valence-electron chi connectivity index (χ1n) is 7.19. The van der Waals surface area contributed by atoms with Crippen LogP contribution in [-0.2, 0) is 19.9 Å². The molecule has 0 heterocycles. The van der Waals surface area contributed by atoms with Crippen LogP contribution >= 0.6 is 15.9 Å². The van der Waals surface area contributed by atoms with Gasteiger partial charge in [0, 0.05) is 17.3 Å². The van der Waals surface area contributed by atoms with E-state index in [-0.39, 0.29) is 9.79 Å². The SMILES string of the molecule is CS(=O)(=O)c1ccc(Br)c(S(=O)(=O)NCC2CCCCC2)c1. The van der Waals surface area contributed by atoms with Gasteiger partial charge < -0.3 is 0 Å².